The van der Waals surface area contributed by atoms with Gasteiger partial charge >= 0.3 is 0 Å². The molecule has 0 amide bonds. The third kappa shape index (κ3) is 5.93. The second kappa shape index (κ2) is 10.4. The first kappa shape index (κ1) is 22.0. The molecule has 0 saturated carbocycles. The highest BCUT2D eigenvalue weighted by molar-refractivity contribution is 6.42. The Morgan fingerprint density at radius 1 is 0.933 bits per heavy atom. The van der Waals surface area contributed by atoms with Crippen molar-refractivity contribution < 1.29 is 4.79 Å². The van der Waals surface area contributed by atoms with Gasteiger partial charge in [-0.25, -0.2) is 0 Å². The van der Waals surface area contributed by atoms with Crippen LogP contribution in [0.4, 0.5) is 0 Å². The first-order chi connectivity index (χ1) is 14.4. The van der Waals surface area contributed by atoms with Crippen molar-refractivity contribution in [3.63, 3.8) is 0 Å². The van der Waals surface area contributed by atoms with Crippen LogP contribution < -0.4 is 0 Å². The van der Waals surface area contributed by atoms with Crippen molar-refractivity contribution in [3.8, 4) is 0 Å². The van der Waals surface area contributed by atoms with E-state index in [0.29, 0.717) is 27.7 Å². The molecular weight excluding hydrogens is 413 g/mol. The number of allylic oxidation sites excluding steroid dienone is 1. The molecule has 0 atom stereocenters. The van der Waals surface area contributed by atoms with Gasteiger partial charge in [0.25, 0.3) is 0 Å². The highest BCUT2D eigenvalue weighted by Crippen LogP contribution is 2.27. The summed E-state index contributed by atoms with van der Waals surface area (Å²) >= 11 is 12.2. The Balaban J connectivity index is 1.83. The summed E-state index contributed by atoms with van der Waals surface area (Å²) in [4.78, 5) is 15.4. The molecule has 3 aromatic carbocycles. The van der Waals surface area contributed by atoms with E-state index in [-0.39, 0.29) is 5.78 Å². The van der Waals surface area contributed by atoms with Crippen molar-refractivity contribution in [2.24, 2.45) is 0 Å². The van der Waals surface area contributed by atoms with E-state index in [9.17, 15) is 4.79 Å². The predicted molar refractivity (Wildman–Crippen MR) is 128 cm³/mol. The fourth-order valence-corrected chi connectivity index (χ4v) is 3.51. The van der Waals surface area contributed by atoms with Gasteiger partial charge in [-0.1, -0.05) is 96.5 Å². The van der Waals surface area contributed by atoms with E-state index in [0.717, 1.165) is 17.7 Å². The lowest BCUT2D eigenvalue weighted by molar-refractivity contribution is -0.110. The fraction of sp³-hybridized carbons (Fsp3) is 0.115. The number of carbonyl (C=O) groups excluding carboxylic acids is 1. The van der Waals surface area contributed by atoms with Crippen LogP contribution in [0, 0.1) is 0 Å². The highest BCUT2D eigenvalue weighted by Gasteiger charge is 2.17. The van der Waals surface area contributed by atoms with Gasteiger partial charge in [0.15, 0.2) is 5.78 Å². The number of ketones is 1. The molecule has 0 heterocycles. The monoisotopic (exact) mass is 435 g/mol. The molecule has 0 unspecified atom stereocenters. The molecule has 30 heavy (non-hydrogen) atoms. The maximum absolute atomic E-state index is 13.3. The smallest absolute Gasteiger partial charge is 0.190 e. The highest BCUT2D eigenvalue weighted by atomic mass is 35.5. The van der Waals surface area contributed by atoms with E-state index in [1.54, 1.807) is 12.1 Å². The molecule has 2 nitrogen and oxygen atoms in total. The summed E-state index contributed by atoms with van der Waals surface area (Å²) in [5.74, 6) is -0.0906. The van der Waals surface area contributed by atoms with E-state index in [1.807, 2.05) is 67.7 Å². The van der Waals surface area contributed by atoms with E-state index in [1.165, 1.54) is 5.56 Å². The van der Waals surface area contributed by atoms with Gasteiger partial charge in [0.2, 0.25) is 0 Å². The van der Waals surface area contributed by atoms with Crippen molar-refractivity contribution in [2.45, 2.75) is 6.54 Å². The lowest BCUT2D eigenvalue weighted by Gasteiger charge is -2.18. The molecule has 4 heteroatoms. The second-order valence-corrected chi connectivity index (χ2v) is 8.00. The molecule has 0 aliphatic heterocycles. The van der Waals surface area contributed by atoms with Gasteiger partial charge in [0.1, 0.15) is 0 Å². The van der Waals surface area contributed by atoms with Gasteiger partial charge in [-0.3, -0.25) is 9.69 Å². The van der Waals surface area contributed by atoms with Gasteiger partial charge in [-0.15, -0.1) is 0 Å². The third-order valence-corrected chi connectivity index (χ3v) is 5.40. The number of likely N-dealkylation sites (N-methyl/N-ethyl adjacent to an activating group) is 1. The number of hydrogen-bond acceptors (Lipinski definition) is 2. The SMILES string of the molecule is C=C(CN(C)Cc1ccccc1)C(=O)/C(=C/c1ccc(Cl)c(Cl)c1)c1ccccc1. The third-order valence-electron chi connectivity index (χ3n) is 4.66. The summed E-state index contributed by atoms with van der Waals surface area (Å²) in [5, 5.41) is 0.931. The lowest BCUT2D eigenvalue weighted by Crippen LogP contribution is -2.23. The number of rotatable bonds is 8. The maximum atomic E-state index is 13.3. The van der Waals surface area contributed by atoms with Crippen molar-refractivity contribution in [1.82, 2.24) is 4.90 Å². The van der Waals surface area contributed by atoms with Crippen LogP contribution >= 0.6 is 23.2 Å². The molecular formula is C26H23Cl2NO. The number of benzene rings is 3. The van der Waals surface area contributed by atoms with E-state index in [2.05, 4.69) is 23.6 Å². The standard InChI is InChI=1S/C26H23Cl2NO/c1-19(17-29(2)18-20-9-5-3-6-10-20)26(30)23(22-11-7-4-8-12-22)15-21-13-14-24(27)25(28)16-21/h3-16H,1,17-18H2,2H3/b23-15+. The first-order valence-corrected chi connectivity index (χ1v) is 10.4. The summed E-state index contributed by atoms with van der Waals surface area (Å²) in [7, 11) is 1.98. The Morgan fingerprint density at radius 3 is 2.20 bits per heavy atom. The minimum Gasteiger partial charge on any atom is -0.298 e. The van der Waals surface area contributed by atoms with Crippen LogP contribution in [-0.2, 0) is 11.3 Å². The Bertz CT molecular complexity index is 1060. The minimum absolute atomic E-state index is 0.0906. The number of hydrogen-bond donors (Lipinski definition) is 0. The Hall–Kier alpha value is -2.65. The van der Waals surface area contributed by atoms with Crippen LogP contribution in [-0.4, -0.2) is 24.3 Å². The van der Waals surface area contributed by atoms with Crippen LogP contribution in [0.5, 0.6) is 0 Å². The molecule has 0 spiro atoms. The van der Waals surface area contributed by atoms with Crippen molar-refractivity contribution in [1.29, 1.82) is 0 Å². The van der Waals surface area contributed by atoms with E-state index in [4.69, 9.17) is 23.2 Å². The average Bonchev–Trinajstić information content (AvgIpc) is 2.75. The molecule has 3 aromatic rings. The number of Topliss-reactive ketones (excluding diaryl/α,β-unsaturated/α-hetero) is 1. The molecule has 152 valence electrons. The van der Waals surface area contributed by atoms with Gasteiger partial charge < -0.3 is 0 Å². The van der Waals surface area contributed by atoms with Gasteiger partial charge in [-0.2, -0.15) is 0 Å². The Morgan fingerprint density at radius 2 is 1.57 bits per heavy atom. The van der Waals surface area contributed by atoms with E-state index < -0.39 is 0 Å². The summed E-state index contributed by atoms with van der Waals surface area (Å²) in [6.45, 7) is 5.29. The second-order valence-electron chi connectivity index (χ2n) is 7.19. The van der Waals surface area contributed by atoms with Crippen LogP contribution in [0.15, 0.2) is 91.0 Å². The number of halogens is 2. The van der Waals surface area contributed by atoms with Crippen molar-refractivity contribution >= 4 is 40.6 Å². The van der Waals surface area contributed by atoms with Gasteiger partial charge in [0.05, 0.1) is 10.0 Å². The summed E-state index contributed by atoms with van der Waals surface area (Å²) in [5.41, 5.74) is 3.94. The Labute approximate surface area is 188 Å². The van der Waals surface area contributed by atoms with Crippen molar-refractivity contribution in [2.75, 3.05) is 13.6 Å². The zero-order valence-electron chi connectivity index (χ0n) is 16.8. The summed E-state index contributed by atoms with van der Waals surface area (Å²) < 4.78 is 0. The molecule has 0 N–H and O–H groups in total. The number of nitrogens with zero attached hydrogens (tertiary/aromatic N) is 1. The zero-order valence-corrected chi connectivity index (χ0v) is 18.3. The van der Waals surface area contributed by atoms with Crippen LogP contribution in [0.2, 0.25) is 10.0 Å². The molecule has 0 aliphatic carbocycles. The zero-order chi connectivity index (χ0) is 21.5. The fourth-order valence-electron chi connectivity index (χ4n) is 3.21. The largest absolute Gasteiger partial charge is 0.298 e. The average molecular weight is 436 g/mol. The molecule has 0 bridgehead atoms. The predicted octanol–water partition coefficient (Wildman–Crippen LogP) is 6.79. The van der Waals surface area contributed by atoms with Crippen LogP contribution in [0.3, 0.4) is 0 Å². The molecule has 0 aliphatic rings. The molecule has 0 fully saturated rings. The molecule has 0 radical (unpaired) electrons. The Kier molecular flexibility index (Phi) is 7.64. The molecule has 0 aromatic heterocycles. The molecule has 3 rings (SSSR count). The first-order valence-electron chi connectivity index (χ1n) is 9.61. The van der Waals surface area contributed by atoms with Crippen molar-refractivity contribution in [3.05, 3.63) is 118 Å². The van der Waals surface area contributed by atoms with Crippen LogP contribution in [0.25, 0.3) is 11.6 Å². The topological polar surface area (TPSA) is 20.3 Å². The molecule has 0 saturated heterocycles. The van der Waals surface area contributed by atoms with Gasteiger partial charge in [-0.05, 0) is 41.9 Å². The minimum atomic E-state index is -0.0906. The quantitative estimate of drug-likeness (QED) is 0.286. The van der Waals surface area contributed by atoms with Gasteiger partial charge in [0, 0.05) is 24.2 Å². The number of carbonyl (C=O) groups is 1. The van der Waals surface area contributed by atoms with E-state index >= 15 is 0 Å². The lowest BCUT2D eigenvalue weighted by atomic mass is 9.95. The normalized spacial score (nSPS) is 11.5. The maximum Gasteiger partial charge on any atom is 0.190 e. The summed E-state index contributed by atoms with van der Waals surface area (Å²) in [6.07, 6.45) is 1.84. The van der Waals surface area contributed by atoms with Crippen LogP contribution in [0.1, 0.15) is 16.7 Å². The summed E-state index contributed by atoms with van der Waals surface area (Å²) in [6, 6.07) is 25.1.